The monoisotopic (exact) mass is 617 g/mol. The standard InChI is InChI=1S/C30H31ClF3N5O2S/c1-30(13-38(2)6-5-23(30)33)14-41-29-36-27-19(28(37-29)39-10-15-3-4-16(11-39)35-15)9-21(32)25(26(27)34)18-7-17(40)8-22-24(18)20(31)12-42-22/h7-9,12,15-16,23,35,40H,3-6,10-11,13-14H2,1-2H3/t15-,16+,23?,30?. The third-order valence-corrected chi connectivity index (χ3v) is 10.3. The number of anilines is 1. The number of aromatic nitrogens is 2. The van der Waals surface area contributed by atoms with Crippen LogP contribution in [-0.4, -0.2) is 78.1 Å². The Morgan fingerprint density at radius 3 is 2.69 bits per heavy atom. The van der Waals surface area contributed by atoms with Gasteiger partial charge in [-0.1, -0.05) is 18.5 Å². The normalized spacial score (nSPS) is 26.4. The lowest BCUT2D eigenvalue weighted by molar-refractivity contribution is -0.00844. The minimum atomic E-state index is -1.07. The Balaban J connectivity index is 1.38. The van der Waals surface area contributed by atoms with Crippen molar-refractivity contribution in [3.8, 4) is 22.9 Å². The summed E-state index contributed by atoms with van der Waals surface area (Å²) >= 11 is 7.70. The molecule has 3 fully saturated rings. The number of hydrogen-bond donors (Lipinski definition) is 2. The number of alkyl halides is 1. The molecule has 0 saturated carbocycles. The fourth-order valence-electron chi connectivity index (χ4n) is 6.84. The van der Waals surface area contributed by atoms with Gasteiger partial charge in [0.1, 0.15) is 35.7 Å². The number of piperidine rings is 1. The highest BCUT2D eigenvalue weighted by atomic mass is 35.5. The Labute approximate surface area is 250 Å². The molecule has 4 aromatic rings. The number of piperazine rings is 1. The highest BCUT2D eigenvalue weighted by Crippen LogP contribution is 2.44. The first-order valence-electron chi connectivity index (χ1n) is 14.2. The van der Waals surface area contributed by atoms with E-state index in [-0.39, 0.29) is 52.5 Å². The van der Waals surface area contributed by atoms with Crippen LogP contribution in [-0.2, 0) is 0 Å². The fraction of sp³-hybridized carbons (Fsp3) is 0.467. The van der Waals surface area contributed by atoms with Crippen LogP contribution < -0.4 is 15.0 Å². The van der Waals surface area contributed by atoms with Crippen molar-refractivity contribution >= 4 is 49.7 Å². The van der Waals surface area contributed by atoms with Crippen LogP contribution in [0.15, 0.2) is 23.6 Å². The minimum Gasteiger partial charge on any atom is -0.508 e. The molecule has 2 bridgehead atoms. The molecule has 12 heteroatoms. The summed E-state index contributed by atoms with van der Waals surface area (Å²) in [5, 5.41) is 16.6. The van der Waals surface area contributed by atoms with Crippen molar-refractivity contribution in [2.45, 2.75) is 44.4 Å². The van der Waals surface area contributed by atoms with E-state index >= 15 is 13.2 Å². The molecule has 2 N–H and O–H groups in total. The molecule has 2 aromatic heterocycles. The third kappa shape index (κ3) is 4.74. The number of aromatic hydroxyl groups is 1. The zero-order chi connectivity index (χ0) is 29.3. The van der Waals surface area contributed by atoms with E-state index in [2.05, 4.69) is 20.2 Å². The number of thiophene rings is 1. The zero-order valence-electron chi connectivity index (χ0n) is 23.3. The van der Waals surface area contributed by atoms with Gasteiger partial charge in [-0.05, 0) is 44.5 Å². The molecule has 0 amide bonds. The van der Waals surface area contributed by atoms with Gasteiger partial charge in [0, 0.05) is 70.1 Å². The quantitative estimate of drug-likeness (QED) is 0.278. The number of phenolic OH excluding ortho intramolecular Hbond substituents is 1. The summed E-state index contributed by atoms with van der Waals surface area (Å²) < 4.78 is 54.3. The highest BCUT2D eigenvalue weighted by Gasteiger charge is 2.40. The number of likely N-dealkylation sites (tertiary alicyclic amines) is 1. The number of nitrogens with one attached hydrogen (secondary N) is 1. The highest BCUT2D eigenvalue weighted by molar-refractivity contribution is 7.18. The van der Waals surface area contributed by atoms with E-state index in [0.717, 1.165) is 12.8 Å². The number of rotatable bonds is 5. The average molecular weight is 618 g/mol. The first-order chi connectivity index (χ1) is 20.1. The lowest BCUT2D eigenvalue weighted by Crippen LogP contribution is -2.51. The van der Waals surface area contributed by atoms with Crippen LogP contribution in [0, 0.1) is 17.0 Å². The molecule has 2 unspecified atom stereocenters. The molecular weight excluding hydrogens is 587 g/mol. The maximum atomic E-state index is 16.6. The molecule has 0 aliphatic carbocycles. The van der Waals surface area contributed by atoms with Crippen molar-refractivity contribution in [1.29, 1.82) is 0 Å². The first kappa shape index (κ1) is 27.9. The SMILES string of the molecule is CN1CCC(F)C(C)(COc2nc(N3C[C@H]4CC[C@@H](C3)N4)c3cc(F)c(-c4cc(O)cc5scc(Cl)c45)c(F)c3n2)C1. The summed E-state index contributed by atoms with van der Waals surface area (Å²) in [6, 6.07) is 4.48. The van der Waals surface area contributed by atoms with E-state index in [1.54, 1.807) is 5.38 Å². The molecule has 7 rings (SSSR count). The van der Waals surface area contributed by atoms with Crippen LogP contribution in [0.25, 0.3) is 32.1 Å². The summed E-state index contributed by atoms with van der Waals surface area (Å²) in [5.41, 5.74) is -1.11. The lowest BCUT2D eigenvalue weighted by atomic mass is 9.81. The number of ether oxygens (including phenoxy) is 1. The summed E-state index contributed by atoms with van der Waals surface area (Å²) in [4.78, 5) is 13.2. The molecule has 4 atom stereocenters. The molecule has 3 saturated heterocycles. The Bertz CT molecular complexity index is 1690. The van der Waals surface area contributed by atoms with Crippen LogP contribution in [0.5, 0.6) is 11.8 Å². The number of hydrogen-bond acceptors (Lipinski definition) is 8. The molecule has 222 valence electrons. The minimum absolute atomic E-state index is 0.00359. The molecule has 7 nitrogen and oxygen atoms in total. The zero-order valence-corrected chi connectivity index (χ0v) is 24.8. The van der Waals surface area contributed by atoms with Crippen molar-refractivity contribution < 1.29 is 23.0 Å². The molecule has 2 aromatic carbocycles. The maximum Gasteiger partial charge on any atom is 0.319 e. The molecular formula is C30H31ClF3N5O2S. The molecule has 0 radical (unpaired) electrons. The van der Waals surface area contributed by atoms with Crippen LogP contribution in [0.4, 0.5) is 19.0 Å². The lowest BCUT2D eigenvalue weighted by Gasteiger charge is -2.40. The van der Waals surface area contributed by atoms with Crippen LogP contribution >= 0.6 is 22.9 Å². The molecule has 0 spiro atoms. The smallest absolute Gasteiger partial charge is 0.319 e. The van der Waals surface area contributed by atoms with Crippen molar-refractivity contribution in [1.82, 2.24) is 20.2 Å². The summed E-state index contributed by atoms with van der Waals surface area (Å²) in [6.07, 6.45) is 1.35. The van der Waals surface area contributed by atoms with Gasteiger partial charge < -0.3 is 25.0 Å². The second kappa shape index (κ2) is 10.4. The first-order valence-corrected chi connectivity index (χ1v) is 15.4. The Hall–Kier alpha value is -2.86. The van der Waals surface area contributed by atoms with Crippen molar-refractivity contribution in [2.24, 2.45) is 5.41 Å². The Morgan fingerprint density at radius 1 is 1.17 bits per heavy atom. The van der Waals surface area contributed by atoms with Crippen LogP contribution in [0.1, 0.15) is 26.2 Å². The predicted molar refractivity (Wildman–Crippen MR) is 160 cm³/mol. The number of nitrogens with zero attached hydrogens (tertiary/aromatic N) is 4. The van der Waals surface area contributed by atoms with Crippen LogP contribution in [0.2, 0.25) is 5.02 Å². The maximum absolute atomic E-state index is 16.6. The molecule has 3 aliphatic heterocycles. The third-order valence-electron chi connectivity index (χ3n) is 8.93. The largest absolute Gasteiger partial charge is 0.508 e. The summed E-state index contributed by atoms with van der Waals surface area (Å²) in [6.45, 7) is 4.24. The second-order valence-corrected chi connectivity index (χ2v) is 13.5. The van der Waals surface area contributed by atoms with E-state index in [4.69, 9.17) is 16.3 Å². The predicted octanol–water partition coefficient (Wildman–Crippen LogP) is 6.15. The van der Waals surface area contributed by atoms with E-state index < -0.39 is 23.2 Å². The fourth-order valence-corrected chi connectivity index (χ4v) is 8.10. The Morgan fingerprint density at radius 2 is 1.93 bits per heavy atom. The van der Waals surface area contributed by atoms with Gasteiger partial charge in [0.2, 0.25) is 0 Å². The van der Waals surface area contributed by atoms with Gasteiger partial charge in [-0.25, -0.2) is 13.2 Å². The van der Waals surface area contributed by atoms with E-state index in [9.17, 15) is 5.11 Å². The summed E-state index contributed by atoms with van der Waals surface area (Å²) in [7, 11) is 1.94. The van der Waals surface area contributed by atoms with Gasteiger partial charge in [-0.15, -0.1) is 11.3 Å². The van der Waals surface area contributed by atoms with E-state index in [1.807, 2.05) is 18.9 Å². The van der Waals surface area contributed by atoms with Crippen LogP contribution in [0.3, 0.4) is 0 Å². The average Bonchev–Trinajstić information content (AvgIpc) is 3.49. The molecule has 5 heterocycles. The van der Waals surface area contributed by atoms with Gasteiger partial charge >= 0.3 is 6.01 Å². The van der Waals surface area contributed by atoms with Crippen molar-refractivity contribution in [3.05, 3.63) is 40.2 Å². The molecule has 3 aliphatic rings. The van der Waals surface area contributed by atoms with Gasteiger partial charge in [0.05, 0.1) is 10.6 Å². The van der Waals surface area contributed by atoms with Gasteiger partial charge in [0.15, 0.2) is 5.82 Å². The summed E-state index contributed by atoms with van der Waals surface area (Å²) in [5.74, 6) is -1.47. The molecule has 42 heavy (non-hydrogen) atoms. The van der Waals surface area contributed by atoms with Gasteiger partial charge in [0.25, 0.3) is 0 Å². The number of benzene rings is 2. The second-order valence-electron chi connectivity index (χ2n) is 12.2. The number of phenols is 1. The van der Waals surface area contributed by atoms with E-state index in [0.29, 0.717) is 53.5 Å². The van der Waals surface area contributed by atoms with Crippen molar-refractivity contribution in [2.75, 3.05) is 44.7 Å². The topological polar surface area (TPSA) is 73.8 Å². The van der Waals surface area contributed by atoms with Crippen molar-refractivity contribution in [3.63, 3.8) is 0 Å². The van der Waals surface area contributed by atoms with E-state index in [1.165, 1.54) is 29.5 Å². The van der Waals surface area contributed by atoms with Gasteiger partial charge in [-0.3, -0.25) is 0 Å². The number of halogens is 4. The van der Waals surface area contributed by atoms with Gasteiger partial charge in [-0.2, -0.15) is 9.97 Å². The Kier molecular flexibility index (Phi) is 6.92. The number of fused-ring (bicyclic) bond motifs is 4.